The highest BCUT2D eigenvalue weighted by molar-refractivity contribution is 7.11. The van der Waals surface area contributed by atoms with Crippen LogP contribution in [-0.2, 0) is 13.1 Å². The molecule has 3 rings (SSSR count). The molecule has 1 saturated heterocycles. The molecule has 1 aliphatic rings. The van der Waals surface area contributed by atoms with Crippen molar-refractivity contribution >= 4 is 22.7 Å². The van der Waals surface area contributed by atoms with Gasteiger partial charge in [-0.25, -0.2) is 4.98 Å². The van der Waals surface area contributed by atoms with Gasteiger partial charge in [-0.2, -0.15) is 0 Å². The summed E-state index contributed by atoms with van der Waals surface area (Å²) < 4.78 is 0. The predicted octanol–water partition coefficient (Wildman–Crippen LogP) is 2.58. The van der Waals surface area contributed by atoms with E-state index >= 15 is 0 Å². The standard InChI is InChI=1S/C16H23N3OS2/c1-13-17-9-16(22-13)11-18-5-6-19(14(10-18)4-7-20)12-15-3-2-8-21-15/h2-3,8-9,14,20H,4-7,10-12H2,1H3/t14-/m0/s1. The summed E-state index contributed by atoms with van der Waals surface area (Å²) in [5.74, 6) is 0. The van der Waals surface area contributed by atoms with Crippen molar-refractivity contribution in [3.05, 3.63) is 38.5 Å². The summed E-state index contributed by atoms with van der Waals surface area (Å²) in [4.78, 5) is 12.1. The van der Waals surface area contributed by atoms with E-state index in [1.54, 1.807) is 11.3 Å². The van der Waals surface area contributed by atoms with Crippen molar-refractivity contribution in [3.63, 3.8) is 0 Å². The Kier molecular flexibility index (Phi) is 5.60. The maximum Gasteiger partial charge on any atom is 0.0897 e. The number of rotatable bonds is 6. The summed E-state index contributed by atoms with van der Waals surface area (Å²) in [5, 5.41) is 12.7. The summed E-state index contributed by atoms with van der Waals surface area (Å²) in [5.41, 5.74) is 0. The first-order valence-electron chi connectivity index (χ1n) is 7.75. The van der Waals surface area contributed by atoms with Gasteiger partial charge in [0.2, 0.25) is 0 Å². The molecular formula is C16H23N3OS2. The van der Waals surface area contributed by atoms with E-state index in [-0.39, 0.29) is 6.61 Å². The van der Waals surface area contributed by atoms with Gasteiger partial charge in [-0.3, -0.25) is 9.80 Å². The number of thiophene rings is 1. The number of aliphatic hydroxyl groups is 1. The zero-order valence-corrected chi connectivity index (χ0v) is 14.6. The Balaban J connectivity index is 1.60. The fourth-order valence-corrected chi connectivity index (χ4v) is 4.60. The first-order chi connectivity index (χ1) is 10.7. The molecule has 0 aliphatic carbocycles. The highest BCUT2D eigenvalue weighted by Crippen LogP contribution is 2.21. The van der Waals surface area contributed by atoms with E-state index in [0.29, 0.717) is 6.04 Å². The zero-order chi connectivity index (χ0) is 15.4. The van der Waals surface area contributed by atoms with E-state index in [0.717, 1.165) is 44.2 Å². The Morgan fingerprint density at radius 3 is 2.91 bits per heavy atom. The van der Waals surface area contributed by atoms with Crippen LogP contribution in [0.25, 0.3) is 0 Å². The molecule has 1 aliphatic heterocycles. The number of hydrogen-bond acceptors (Lipinski definition) is 6. The van der Waals surface area contributed by atoms with Gasteiger partial charge in [0.15, 0.2) is 0 Å². The molecule has 0 spiro atoms. The maximum atomic E-state index is 9.39. The molecule has 120 valence electrons. The van der Waals surface area contributed by atoms with Crippen LogP contribution < -0.4 is 0 Å². The topological polar surface area (TPSA) is 39.6 Å². The quantitative estimate of drug-likeness (QED) is 0.879. The Hall–Kier alpha value is -0.790. The molecule has 22 heavy (non-hydrogen) atoms. The molecule has 6 heteroatoms. The second kappa shape index (κ2) is 7.66. The van der Waals surface area contributed by atoms with Crippen molar-refractivity contribution in [2.24, 2.45) is 0 Å². The van der Waals surface area contributed by atoms with Gasteiger partial charge in [0.05, 0.1) is 5.01 Å². The molecule has 4 nitrogen and oxygen atoms in total. The number of aliphatic hydroxyl groups excluding tert-OH is 1. The van der Waals surface area contributed by atoms with Gasteiger partial charge >= 0.3 is 0 Å². The molecule has 0 radical (unpaired) electrons. The lowest BCUT2D eigenvalue weighted by molar-refractivity contribution is 0.0511. The van der Waals surface area contributed by atoms with Crippen LogP contribution in [0.2, 0.25) is 0 Å². The van der Waals surface area contributed by atoms with Gasteiger partial charge in [-0.1, -0.05) is 6.07 Å². The summed E-state index contributed by atoms with van der Waals surface area (Å²) in [6.07, 6.45) is 2.85. The van der Waals surface area contributed by atoms with Gasteiger partial charge < -0.3 is 5.11 Å². The normalized spacial score (nSPS) is 20.5. The third kappa shape index (κ3) is 4.14. The summed E-state index contributed by atoms with van der Waals surface area (Å²) in [6.45, 7) is 7.50. The van der Waals surface area contributed by atoms with Crippen LogP contribution in [0.1, 0.15) is 21.2 Å². The van der Waals surface area contributed by atoms with Crippen molar-refractivity contribution in [1.82, 2.24) is 14.8 Å². The molecule has 0 amide bonds. The number of nitrogens with zero attached hydrogens (tertiary/aromatic N) is 3. The highest BCUT2D eigenvalue weighted by Gasteiger charge is 2.27. The number of hydrogen-bond donors (Lipinski definition) is 1. The summed E-state index contributed by atoms with van der Waals surface area (Å²) in [7, 11) is 0. The molecule has 1 atom stereocenters. The Labute approximate surface area is 140 Å². The van der Waals surface area contributed by atoms with Crippen molar-refractivity contribution in [2.75, 3.05) is 26.2 Å². The molecular weight excluding hydrogens is 314 g/mol. The fourth-order valence-electron chi connectivity index (χ4n) is 3.03. The average molecular weight is 338 g/mol. The zero-order valence-electron chi connectivity index (χ0n) is 12.9. The number of aryl methyl sites for hydroxylation is 1. The number of thiazole rings is 1. The minimum absolute atomic E-state index is 0.263. The summed E-state index contributed by atoms with van der Waals surface area (Å²) in [6, 6.07) is 4.76. The lowest BCUT2D eigenvalue weighted by Gasteiger charge is -2.41. The van der Waals surface area contributed by atoms with E-state index in [2.05, 4.69) is 39.2 Å². The number of aromatic nitrogens is 1. The van der Waals surface area contributed by atoms with Crippen molar-refractivity contribution in [2.45, 2.75) is 32.5 Å². The van der Waals surface area contributed by atoms with Crippen molar-refractivity contribution < 1.29 is 5.11 Å². The third-order valence-corrected chi connectivity index (χ3v) is 5.90. The molecule has 1 N–H and O–H groups in total. The van der Waals surface area contributed by atoms with E-state index in [9.17, 15) is 5.11 Å². The van der Waals surface area contributed by atoms with Crippen LogP contribution in [0.4, 0.5) is 0 Å². The van der Waals surface area contributed by atoms with Gasteiger partial charge in [-0.05, 0) is 24.8 Å². The molecule has 1 fully saturated rings. The monoisotopic (exact) mass is 337 g/mol. The first-order valence-corrected chi connectivity index (χ1v) is 9.45. The van der Waals surface area contributed by atoms with Crippen LogP contribution in [0.5, 0.6) is 0 Å². The predicted molar refractivity (Wildman–Crippen MR) is 92.3 cm³/mol. The van der Waals surface area contributed by atoms with E-state index in [1.807, 2.05) is 17.5 Å². The highest BCUT2D eigenvalue weighted by atomic mass is 32.1. The third-order valence-electron chi connectivity index (χ3n) is 4.14. The minimum Gasteiger partial charge on any atom is -0.396 e. The minimum atomic E-state index is 0.263. The van der Waals surface area contributed by atoms with Gasteiger partial charge in [-0.15, -0.1) is 22.7 Å². The summed E-state index contributed by atoms with van der Waals surface area (Å²) >= 11 is 3.60. The van der Waals surface area contributed by atoms with Crippen molar-refractivity contribution in [3.8, 4) is 0 Å². The van der Waals surface area contributed by atoms with Crippen LogP contribution in [0.3, 0.4) is 0 Å². The van der Waals surface area contributed by atoms with E-state index in [4.69, 9.17) is 0 Å². The second-order valence-electron chi connectivity index (χ2n) is 5.80. The Morgan fingerprint density at radius 2 is 2.23 bits per heavy atom. The Bertz CT molecular complexity index is 570. The van der Waals surface area contributed by atoms with Crippen LogP contribution in [-0.4, -0.2) is 52.2 Å². The van der Waals surface area contributed by atoms with E-state index in [1.165, 1.54) is 9.75 Å². The maximum absolute atomic E-state index is 9.39. The van der Waals surface area contributed by atoms with Crippen LogP contribution in [0, 0.1) is 6.92 Å². The molecule has 2 aromatic heterocycles. The molecule has 3 heterocycles. The van der Waals surface area contributed by atoms with Crippen LogP contribution >= 0.6 is 22.7 Å². The molecule has 0 aromatic carbocycles. The number of piperazine rings is 1. The van der Waals surface area contributed by atoms with Gasteiger partial charge in [0.25, 0.3) is 0 Å². The smallest absolute Gasteiger partial charge is 0.0897 e. The fraction of sp³-hybridized carbons (Fsp3) is 0.562. The van der Waals surface area contributed by atoms with E-state index < -0.39 is 0 Å². The lowest BCUT2D eigenvalue weighted by Crippen LogP contribution is -2.52. The molecule has 0 bridgehead atoms. The molecule has 0 unspecified atom stereocenters. The lowest BCUT2D eigenvalue weighted by atomic mass is 10.1. The molecule has 2 aromatic rings. The second-order valence-corrected chi connectivity index (χ2v) is 8.15. The van der Waals surface area contributed by atoms with Crippen LogP contribution in [0.15, 0.2) is 23.7 Å². The Morgan fingerprint density at radius 1 is 1.32 bits per heavy atom. The van der Waals surface area contributed by atoms with Gasteiger partial charge in [0, 0.05) is 61.3 Å². The SMILES string of the molecule is Cc1ncc(CN2CCN(Cc3cccs3)[C@@H](CCO)C2)s1. The van der Waals surface area contributed by atoms with Gasteiger partial charge in [0.1, 0.15) is 0 Å². The molecule has 0 saturated carbocycles. The largest absolute Gasteiger partial charge is 0.396 e. The average Bonchev–Trinajstić information content (AvgIpc) is 3.14. The van der Waals surface area contributed by atoms with Crippen molar-refractivity contribution in [1.29, 1.82) is 0 Å². The first kappa shape index (κ1) is 16.1.